The monoisotopic (exact) mass is 434 g/mol. The molecule has 0 saturated heterocycles. The highest BCUT2D eigenvalue weighted by Gasteiger charge is 2.15. The summed E-state index contributed by atoms with van der Waals surface area (Å²) in [6.45, 7) is 3.65. The molecular formula is C23H23FN6O2. The minimum absolute atomic E-state index is 0.0526. The summed E-state index contributed by atoms with van der Waals surface area (Å²) in [6, 6.07) is 6.79. The minimum Gasteiger partial charge on any atom is -0.494 e. The molecule has 32 heavy (non-hydrogen) atoms. The lowest BCUT2D eigenvalue weighted by Crippen LogP contribution is -2.05. The predicted molar refractivity (Wildman–Crippen MR) is 118 cm³/mol. The quantitative estimate of drug-likeness (QED) is 0.417. The molecule has 0 saturated carbocycles. The van der Waals surface area contributed by atoms with E-state index in [9.17, 15) is 9.18 Å². The summed E-state index contributed by atoms with van der Waals surface area (Å²) in [5.41, 5.74) is 3.31. The number of nitrogens with zero attached hydrogens (tertiary/aromatic N) is 5. The average molecular weight is 434 g/mol. The van der Waals surface area contributed by atoms with Crippen LogP contribution in [0, 0.1) is 12.7 Å². The second-order valence-electron chi connectivity index (χ2n) is 7.36. The maximum atomic E-state index is 14.7. The number of anilines is 2. The molecule has 1 aromatic carbocycles. The molecule has 164 valence electrons. The van der Waals surface area contributed by atoms with Crippen LogP contribution in [-0.2, 0) is 12.8 Å². The van der Waals surface area contributed by atoms with Gasteiger partial charge in [-0.05, 0) is 55.2 Å². The predicted octanol–water partition coefficient (Wildman–Crippen LogP) is 4.10. The molecule has 9 heteroatoms. The molecule has 0 fully saturated rings. The van der Waals surface area contributed by atoms with E-state index in [4.69, 9.17) is 4.74 Å². The average Bonchev–Trinajstić information content (AvgIpc) is 3.19. The number of carbonyl (C=O) groups is 1. The topological polar surface area (TPSA) is 94.3 Å². The Morgan fingerprint density at radius 3 is 2.66 bits per heavy atom. The zero-order valence-corrected chi connectivity index (χ0v) is 18.1. The van der Waals surface area contributed by atoms with Gasteiger partial charge in [0.15, 0.2) is 23.0 Å². The Hall–Kier alpha value is -3.88. The van der Waals surface area contributed by atoms with E-state index >= 15 is 0 Å². The number of nitrogens with one attached hydrogen (secondary N) is 1. The van der Waals surface area contributed by atoms with Crippen molar-refractivity contribution < 1.29 is 13.9 Å². The standard InChI is InChI=1S/C23H23FN6O2/c1-4-19(31)17-9-16(22(24)20(10-17)32-3)6-5-15-11-25-23(26-12-15)27-18-7-8-21-29-28-14(2)30(21)13-18/h7-13H,4-6H2,1-3H3,(H,25,26,27). The van der Waals surface area contributed by atoms with E-state index in [0.717, 1.165) is 22.7 Å². The summed E-state index contributed by atoms with van der Waals surface area (Å²) in [5, 5.41) is 11.3. The molecule has 3 aromatic heterocycles. The van der Waals surface area contributed by atoms with Crippen LogP contribution in [0.5, 0.6) is 5.75 Å². The Morgan fingerprint density at radius 1 is 1.16 bits per heavy atom. The number of halogens is 1. The Bertz CT molecular complexity index is 1270. The van der Waals surface area contributed by atoms with Crippen LogP contribution < -0.4 is 10.1 Å². The molecule has 4 rings (SSSR count). The molecule has 0 atom stereocenters. The van der Waals surface area contributed by atoms with E-state index in [2.05, 4.69) is 25.5 Å². The highest BCUT2D eigenvalue weighted by Crippen LogP contribution is 2.25. The lowest BCUT2D eigenvalue weighted by Gasteiger charge is -2.11. The summed E-state index contributed by atoms with van der Waals surface area (Å²) in [6.07, 6.45) is 6.55. The van der Waals surface area contributed by atoms with Gasteiger partial charge in [-0.1, -0.05) is 6.92 Å². The Balaban J connectivity index is 1.46. The van der Waals surface area contributed by atoms with Crippen molar-refractivity contribution >= 4 is 23.1 Å². The molecule has 3 heterocycles. The summed E-state index contributed by atoms with van der Waals surface area (Å²) in [7, 11) is 1.39. The van der Waals surface area contributed by atoms with Crippen molar-refractivity contribution in [3.8, 4) is 5.75 Å². The van der Waals surface area contributed by atoms with Gasteiger partial charge in [0.1, 0.15) is 5.82 Å². The number of ketones is 1. The van der Waals surface area contributed by atoms with Crippen LogP contribution in [0.3, 0.4) is 0 Å². The number of rotatable bonds is 8. The van der Waals surface area contributed by atoms with Crippen molar-refractivity contribution in [2.24, 2.45) is 0 Å². The van der Waals surface area contributed by atoms with Crippen LogP contribution in [0.4, 0.5) is 16.0 Å². The summed E-state index contributed by atoms with van der Waals surface area (Å²) >= 11 is 0. The Morgan fingerprint density at radius 2 is 1.94 bits per heavy atom. The van der Waals surface area contributed by atoms with Gasteiger partial charge in [0.05, 0.1) is 12.8 Å². The first-order valence-electron chi connectivity index (χ1n) is 10.3. The second-order valence-corrected chi connectivity index (χ2v) is 7.36. The molecule has 0 amide bonds. The maximum absolute atomic E-state index is 14.7. The Kier molecular flexibility index (Phi) is 6.07. The summed E-state index contributed by atoms with van der Waals surface area (Å²) < 4.78 is 21.6. The van der Waals surface area contributed by atoms with Crippen molar-refractivity contribution in [2.45, 2.75) is 33.1 Å². The van der Waals surface area contributed by atoms with E-state index in [1.54, 1.807) is 25.4 Å². The fraction of sp³-hybridized carbons (Fsp3) is 0.261. The van der Waals surface area contributed by atoms with E-state index in [1.807, 2.05) is 29.7 Å². The third-order valence-corrected chi connectivity index (χ3v) is 5.19. The first-order chi connectivity index (χ1) is 15.5. The van der Waals surface area contributed by atoms with Crippen LogP contribution in [0.25, 0.3) is 5.65 Å². The smallest absolute Gasteiger partial charge is 0.227 e. The molecule has 0 unspecified atom stereocenters. The molecule has 1 N–H and O–H groups in total. The highest BCUT2D eigenvalue weighted by atomic mass is 19.1. The van der Waals surface area contributed by atoms with Crippen molar-refractivity contribution in [3.05, 3.63) is 71.2 Å². The molecule has 8 nitrogen and oxygen atoms in total. The molecule has 0 aliphatic heterocycles. The normalized spacial score (nSPS) is 11.0. The largest absolute Gasteiger partial charge is 0.494 e. The van der Waals surface area contributed by atoms with Crippen LogP contribution in [0.2, 0.25) is 0 Å². The van der Waals surface area contributed by atoms with Gasteiger partial charge >= 0.3 is 0 Å². The molecular weight excluding hydrogens is 411 g/mol. The maximum Gasteiger partial charge on any atom is 0.227 e. The molecule has 0 spiro atoms. The highest BCUT2D eigenvalue weighted by molar-refractivity contribution is 5.96. The first-order valence-corrected chi connectivity index (χ1v) is 10.3. The zero-order chi connectivity index (χ0) is 22.7. The fourth-order valence-corrected chi connectivity index (χ4v) is 3.39. The third kappa shape index (κ3) is 4.41. The second kappa shape index (κ2) is 9.09. The summed E-state index contributed by atoms with van der Waals surface area (Å²) in [4.78, 5) is 20.8. The minimum atomic E-state index is -0.445. The number of benzene rings is 1. The van der Waals surface area contributed by atoms with Gasteiger partial charge in [0, 0.05) is 30.6 Å². The van der Waals surface area contributed by atoms with Gasteiger partial charge in [-0.25, -0.2) is 14.4 Å². The van der Waals surface area contributed by atoms with Gasteiger partial charge in [0.2, 0.25) is 5.95 Å². The lowest BCUT2D eigenvalue weighted by atomic mass is 10.00. The van der Waals surface area contributed by atoms with Crippen LogP contribution in [0.1, 0.15) is 40.7 Å². The Labute approximate surface area is 184 Å². The fourth-order valence-electron chi connectivity index (χ4n) is 3.39. The molecule has 0 bridgehead atoms. The van der Waals surface area contributed by atoms with Crippen molar-refractivity contribution in [2.75, 3.05) is 12.4 Å². The van der Waals surface area contributed by atoms with E-state index in [1.165, 1.54) is 13.2 Å². The number of ether oxygens (including phenoxy) is 1. The van der Waals surface area contributed by atoms with E-state index in [-0.39, 0.29) is 11.5 Å². The number of Topliss-reactive ketones (excluding diaryl/α,β-unsaturated/α-hetero) is 1. The molecule has 0 aliphatic carbocycles. The van der Waals surface area contributed by atoms with Gasteiger partial charge in [-0.2, -0.15) is 0 Å². The number of methoxy groups -OCH3 is 1. The van der Waals surface area contributed by atoms with E-state index in [0.29, 0.717) is 36.3 Å². The van der Waals surface area contributed by atoms with Crippen LogP contribution in [0.15, 0.2) is 42.9 Å². The SMILES string of the molecule is CCC(=O)c1cc(CCc2cnc(Nc3ccc4nnc(C)n4c3)nc2)c(F)c(OC)c1. The molecule has 4 aromatic rings. The number of hydrogen-bond donors (Lipinski definition) is 1. The molecule has 0 radical (unpaired) electrons. The number of carbonyl (C=O) groups excluding carboxylic acids is 1. The summed E-state index contributed by atoms with van der Waals surface area (Å²) in [5.74, 6) is 0.813. The van der Waals surface area contributed by atoms with Gasteiger partial charge < -0.3 is 10.1 Å². The number of aryl methyl sites for hydroxylation is 3. The number of aromatic nitrogens is 5. The van der Waals surface area contributed by atoms with Gasteiger partial charge in [-0.3, -0.25) is 9.20 Å². The van der Waals surface area contributed by atoms with Crippen LogP contribution >= 0.6 is 0 Å². The number of fused-ring (bicyclic) bond motifs is 1. The van der Waals surface area contributed by atoms with Crippen molar-refractivity contribution in [1.29, 1.82) is 0 Å². The van der Waals surface area contributed by atoms with Crippen LogP contribution in [-0.4, -0.2) is 37.5 Å². The number of hydrogen-bond acceptors (Lipinski definition) is 7. The first kappa shape index (κ1) is 21.4. The third-order valence-electron chi connectivity index (χ3n) is 5.19. The van der Waals surface area contributed by atoms with Gasteiger partial charge in [0.25, 0.3) is 0 Å². The lowest BCUT2D eigenvalue weighted by molar-refractivity contribution is 0.0987. The zero-order valence-electron chi connectivity index (χ0n) is 18.1. The number of pyridine rings is 1. The van der Waals surface area contributed by atoms with Crippen molar-refractivity contribution in [3.63, 3.8) is 0 Å². The van der Waals surface area contributed by atoms with Crippen molar-refractivity contribution in [1.82, 2.24) is 24.6 Å². The molecule has 0 aliphatic rings. The van der Waals surface area contributed by atoms with Gasteiger partial charge in [-0.15, -0.1) is 10.2 Å². The van der Waals surface area contributed by atoms with E-state index < -0.39 is 5.82 Å².